The third-order valence-electron chi connectivity index (χ3n) is 2.18. The Bertz CT molecular complexity index is 326. The van der Waals surface area contributed by atoms with Crippen molar-refractivity contribution in [2.24, 2.45) is 0 Å². The van der Waals surface area contributed by atoms with Crippen LogP contribution in [-0.4, -0.2) is 24.5 Å². The molecule has 1 amide bonds. The lowest BCUT2D eigenvalue weighted by atomic mass is 10.1. The molecule has 0 heterocycles. The van der Waals surface area contributed by atoms with Crippen LogP contribution in [0.15, 0.2) is 24.3 Å². The molecule has 1 rings (SSSR count). The summed E-state index contributed by atoms with van der Waals surface area (Å²) < 4.78 is 0. The number of thioether (sulfide) groups is 1. The average molecular weight is 258 g/mol. The fraction of sp³-hybridized carbons (Fsp3) is 0.417. The van der Waals surface area contributed by atoms with Crippen molar-refractivity contribution < 1.29 is 4.79 Å². The Hall–Kier alpha value is -0.670. The quantitative estimate of drug-likeness (QED) is 0.794. The average Bonchev–Trinajstić information content (AvgIpc) is 2.31. The molecule has 0 aliphatic rings. The molecular formula is C12H16ClNOS. The minimum atomic E-state index is 0.0940. The van der Waals surface area contributed by atoms with E-state index in [4.69, 9.17) is 11.6 Å². The van der Waals surface area contributed by atoms with Gasteiger partial charge in [0.1, 0.15) is 0 Å². The number of aryl methyl sites for hydroxylation is 1. The topological polar surface area (TPSA) is 29.1 Å². The van der Waals surface area contributed by atoms with Crippen LogP contribution >= 0.6 is 23.4 Å². The molecule has 0 aliphatic carbocycles. The molecule has 0 unspecified atom stereocenters. The highest BCUT2D eigenvalue weighted by molar-refractivity contribution is 7.99. The van der Waals surface area contributed by atoms with Gasteiger partial charge in [0.15, 0.2) is 0 Å². The molecule has 0 bridgehead atoms. The molecule has 4 heteroatoms. The SMILES string of the molecule is CNC(=O)CSCCCc1ccc(Cl)cc1. The predicted molar refractivity (Wildman–Crippen MR) is 71.2 cm³/mol. The van der Waals surface area contributed by atoms with Crippen molar-refractivity contribution in [1.29, 1.82) is 0 Å². The van der Waals surface area contributed by atoms with E-state index in [9.17, 15) is 4.79 Å². The van der Waals surface area contributed by atoms with E-state index < -0.39 is 0 Å². The summed E-state index contributed by atoms with van der Waals surface area (Å²) in [5.41, 5.74) is 1.30. The van der Waals surface area contributed by atoms with Gasteiger partial charge in [-0.2, -0.15) is 11.8 Å². The van der Waals surface area contributed by atoms with Crippen molar-refractivity contribution in [3.8, 4) is 0 Å². The smallest absolute Gasteiger partial charge is 0.229 e. The van der Waals surface area contributed by atoms with E-state index in [2.05, 4.69) is 5.32 Å². The van der Waals surface area contributed by atoms with E-state index in [-0.39, 0.29) is 5.91 Å². The van der Waals surface area contributed by atoms with Gasteiger partial charge in [-0.3, -0.25) is 4.79 Å². The highest BCUT2D eigenvalue weighted by atomic mass is 35.5. The third kappa shape index (κ3) is 5.42. The number of rotatable bonds is 6. The first-order valence-electron chi connectivity index (χ1n) is 5.25. The molecule has 0 aliphatic heterocycles. The van der Waals surface area contributed by atoms with Gasteiger partial charge >= 0.3 is 0 Å². The van der Waals surface area contributed by atoms with Crippen molar-refractivity contribution in [3.63, 3.8) is 0 Å². The number of carbonyl (C=O) groups excluding carboxylic acids is 1. The summed E-state index contributed by atoms with van der Waals surface area (Å²) in [6.07, 6.45) is 2.13. The summed E-state index contributed by atoms with van der Waals surface area (Å²) in [6, 6.07) is 7.92. The summed E-state index contributed by atoms with van der Waals surface area (Å²) >= 11 is 7.47. The van der Waals surface area contributed by atoms with Gasteiger partial charge in [-0.1, -0.05) is 23.7 Å². The van der Waals surface area contributed by atoms with Gasteiger partial charge in [-0.05, 0) is 36.3 Å². The number of halogens is 1. The number of nitrogens with one attached hydrogen (secondary N) is 1. The largest absolute Gasteiger partial charge is 0.358 e. The molecule has 2 nitrogen and oxygen atoms in total. The molecule has 0 saturated heterocycles. The Labute approximate surface area is 106 Å². The van der Waals surface area contributed by atoms with Gasteiger partial charge < -0.3 is 5.32 Å². The molecule has 1 aromatic rings. The normalized spacial score (nSPS) is 10.1. The second kappa shape index (κ2) is 7.58. The second-order valence-corrected chi connectivity index (χ2v) is 5.00. The first kappa shape index (κ1) is 13.4. The van der Waals surface area contributed by atoms with Crippen molar-refractivity contribution in [1.82, 2.24) is 5.32 Å². The fourth-order valence-corrected chi connectivity index (χ4v) is 2.21. The molecule has 88 valence electrons. The Morgan fingerprint density at radius 3 is 2.69 bits per heavy atom. The van der Waals surface area contributed by atoms with E-state index in [0.717, 1.165) is 23.6 Å². The maximum absolute atomic E-state index is 10.9. The van der Waals surface area contributed by atoms with Crippen LogP contribution in [0.3, 0.4) is 0 Å². The maximum atomic E-state index is 10.9. The number of amides is 1. The Balaban J connectivity index is 2.11. The van der Waals surface area contributed by atoms with E-state index in [0.29, 0.717) is 5.75 Å². The van der Waals surface area contributed by atoms with Crippen LogP contribution in [-0.2, 0) is 11.2 Å². The first-order valence-corrected chi connectivity index (χ1v) is 6.78. The summed E-state index contributed by atoms with van der Waals surface area (Å²) in [6.45, 7) is 0. The van der Waals surface area contributed by atoms with E-state index in [1.54, 1.807) is 18.8 Å². The zero-order chi connectivity index (χ0) is 11.8. The van der Waals surface area contributed by atoms with E-state index >= 15 is 0 Å². The van der Waals surface area contributed by atoms with Crippen molar-refractivity contribution in [2.45, 2.75) is 12.8 Å². The van der Waals surface area contributed by atoms with Crippen LogP contribution < -0.4 is 5.32 Å². The number of benzene rings is 1. The zero-order valence-electron chi connectivity index (χ0n) is 9.33. The predicted octanol–water partition coefficient (Wildman–Crippen LogP) is 2.75. The molecule has 16 heavy (non-hydrogen) atoms. The number of hydrogen-bond donors (Lipinski definition) is 1. The minimum Gasteiger partial charge on any atom is -0.358 e. The number of hydrogen-bond acceptors (Lipinski definition) is 2. The van der Waals surface area contributed by atoms with Gasteiger partial charge in [-0.25, -0.2) is 0 Å². The van der Waals surface area contributed by atoms with Crippen molar-refractivity contribution >= 4 is 29.3 Å². The molecule has 0 atom stereocenters. The summed E-state index contributed by atoms with van der Waals surface area (Å²) in [5, 5.41) is 3.38. The zero-order valence-corrected chi connectivity index (χ0v) is 10.9. The van der Waals surface area contributed by atoms with Crippen LogP contribution in [0.2, 0.25) is 5.02 Å². The summed E-state index contributed by atoms with van der Waals surface area (Å²) in [4.78, 5) is 10.9. The van der Waals surface area contributed by atoms with Crippen LogP contribution in [0.25, 0.3) is 0 Å². The highest BCUT2D eigenvalue weighted by Crippen LogP contribution is 2.12. The number of carbonyl (C=O) groups is 1. The van der Waals surface area contributed by atoms with Crippen LogP contribution in [0.1, 0.15) is 12.0 Å². The Morgan fingerprint density at radius 1 is 1.38 bits per heavy atom. The van der Waals surface area contributed by atoms with Gasteiger partial charge in [0.25, 0.3) is 0 Å². The molecule has 1 N–H and O–H groups in total. The summed E-state index contributed by atoms with van der Waals surface area (Å²) in [5.74, 6) is 1.66. The third-order valence-corrected chi connectivity index (χ3v) is 3.48. The summed E-state index contributed by atoms with van der Waals surface area (Å²) in [7, 11) is 1.66. The van der Waals surface area contributed by atoms with Crippen molar-refractivity contribution in [3.05, 3.63) is 34.9 Å². The molecule has 0 aromatic heterocycles. The lowest BCUT2D eigenvalue weighted by Gasteiger charge is -2.02. The Kier molecular flexibility index (Phi) is 6.34. The van der Waals surface area contributed by atoms with Crippen molar-refractivity contribution in [2.75, 3.05) is 18.6 Å². The molecule has 0 spiro atoms. The second-order valence-electron chi connectivity index (χ2n) is 3.46. The molecule has 0 fully saturated rings. The first-order chi connectivity index (χ1) is 7.72. The minimum absolute atomic E-state index is 0.0940. The van der Waals surface area contributed by atoms with E-state index in [1.807, 2.05) is 24.3 Å². The van der Waals surface area contributed by atoms with Gasteiger partial charge in [0, 0.05) is 12.1 Å². The van der Waals surface area contributed by atoms with Crippen LogP contribution in [0.4, 0.5) is 0 Å². The van der Waals surface area contributed by atoms with E-state index in [1.165, 1.54) is 5.56 Å². The van der Waals surface area contributed by atoms with Gasteiger partial charge in [0.2, 0.25) is 5.91 Å². The monoisotopic (exact) mass is 257 g/mol. The highest BCUT2D eigenvalue weighted by Gasteiger charge is 1.98. The Morgan fingerprint density at radius 2 is 2.06 bits per heavy atom. The maximum Gasteiger partial charge on any atom is 0.229 e. The molecule has 0 saturated carbocycles. The molecule has 0 radical (unpaired) electrons. The van der Waals surface area contributed by atoms with Gasteiger partial charge in [0.05, 0.1) is 5.75 Å². The van der Waals surface area contributed by atoms with Crippen LogP contribution in [0.5, 0.6) is 0 Å². The van der Waals surface area contributed by atoms with Gasteiger partial charge in [-0.15, -0.1) is 0 Å². The standard InChI is InChI=1S/C12H16ClNOS/c1-14-12(15)9-16-8-2-3-10-4-6-11(13)7-5-10/h4-7H,2-3,8-9H2,1H3,(H,14,15). The lowest BCUT2D eigenvalue weighted by Crippen LogP contribution is -2.19. The van der Waals surface area contributed by atoms with Crippen LogP contribution in [0, 0.1) is 0 Å². The lowest BCUT2D eigenvalue weighted by molar-refractivity contribution is -0.118. The molecular weight excluding hydrogens is 242 g/mol. The fourth-order valence-electron chi connectivity index (χ4n) is 1.27. The molecule has 1 aromatic carbocycles.